The molecule has 0 aliphatic carbocycles. The number of nitrogens with zero attached hydrogens (tertiary/aromatic N) is 2. The standard InChI is InChI=1S/C27H21N2O2/c1-31-26-18-16-25(17-19-26)29(23-8-4-2-5-9-23,24-10-6-3-7-11-24)27(30)22-14-12-21(20-28)13-15-22/h2-19H,1H3/q+1. The second-order valence-electron chi connectivity index (χ2n) is 7.03. The van der Waals surface area contributed by atoms with Gasteiger partial charge in [-0.15, -0.1) is 0 Å². The number of quaternary nitrogens is 1. The summed E-state index contributed by atoms with van der Waals surface area (Å²) in [6.45, 7) is 0. The highest BCUT2D eigenvalue weighted by molar-refractivity contribution is 6.11. The van der Waals surface area contributed by atoms with Gasteiger partial charge in [-0.1, -0.05) is 36.4 Å². The summed E-state index contributed by atoms with van der Waals surface area (Å²) in [5, 5.41) is 9.16. The molecule has 4 rings (SSSR count). The van der Waals surface area contributed by atoms with Gasteiger partial charge in [0.2, 0.25) is 0 Å². The van der Waals surface area contributed by atoms with E-state index in [-0.39, 0.29) is 10.4 Å². The smallest absolute Gasteiger partial charge is 0.361 e. The number of hydrogen-bond donors (Lipinski definition) is 0. The van der Waals surface area contributed by atoms with Crippen molar-refractivity contribution in [2.45, 2.75) is 0 Å². The second-order valence-corrected chi connectivity index (χ2v) is 7.03. The van der Waals surface area contributed by atoms with Crippen molar-refractivity contribution in [1.29, 1.82) is 5.26 Å². The molecule has 4 heteroatoms. The SMILES string of the molecule is COc1ccc([N+](C(=O)c2ccc(C#N)cc2)(c2ccccc2)c2ccccc2)cc1. The Balaban J connectivity index is 2.04. The van der Waals surface area contributed by atoms with Gasteiger partial charge >= 0.3 is 5.91 Å². The second kappa shape index (κ2) is 8.66. The van der Waals surface area contributed by atoms with Gasteiger partial charge in [0.25, 0.3) is 0 Å². The van der Waals surface area contributed by atoms with E-state index >= 15 is 0 Å². The summed E-state index contributed by atoms with van der Waals surface area (Å²) in [6.07, 6.45) is 0. The number of rotatable bonds is 5. The summed E-state index contributed by atoms with van der Waals surface area (Å²) < 4.78 is 5.21. The van der Waals surface area contributed by atoms with E-state index in [0.29, 0.717) is 16.9 Å². The van der Waals surface area contributed by atoms with Crippen LogP contribution in [0.2, 0.25) is 0 Å². The number of para-hydroxylation sites is 2. The van der Waals surface area contributed by atoms with E-state index in [9.17, 15) is 4.79 Å². The van der Waals surface area contributed by atoms with Crippen LogP contribution in [0.15, 0.2) is 109 Å². The number of methoxy groups -OCH3 is 1. The molecule has 0 aliphatic heterocycles. The van der Waals surface area contributed by atoms with Crippen molar-refractivity contribution in [1.82, 2.24) is 4.48 Å². The third-order valence-corrected chi connectivity index (χ3v) is 5.31. The van der Waals surface area contributed by atoms with Crippen LogP contribution in [0, 0.1) is 11.3 Å². The van der Waals surface area contributed by atoms with Crippen molar-refractivity contribution in [3.05, 3.63) is 120 Å². The van der Waals surface area contributed by atoms with E-state index < -0.39 is 0 Å². The zero-order valence-corrected chi connectivity index (χ0v) is 17.1. The predicted octanol–water partition coefficient (Wildman–Crippen LogP) is 6.38. The van der Waals surface area contributed by atoms with Crippen molar-refractivity contribution in [2.24, 2.45) is 0 Å². The summed E-state index contributed by atoms with van der Waals surface area (Å²) in [5.41, 5.74) is 3.44. The molecule has 0 heterocycles. The van der Waals surface area contributed by atoms with Crippen LogP contribution in [0.5, 0.6) is 5.75 Å². The molecule has 4 aromatic rings. The van der Waals surface area contributed by atoms with Crippen LogP contribution in [0.4, 0.5) is 17.1 Å². The lowest BCUT2D eigenvalue weighted by atomic mass is 10.0. The van der Waals surface area contributed by atoms with Gasteiger partial charge in [0.15, 0.2) is 17.1 Å². The molecule has 0 saturated heterocycles. The third-order valence-electron chi connectivity index (χ3n) is 5.31. The lowest BCUT2D eigenvalue weighted by Crippen LogP contribution is -2.45. The first-order valence-electron chi connectivity index (χ1n) is 9.90. The normalized spacial score (nSPS) is 10.8. The molecule has 0 saturated carbocycles. The zero-order chi connectivity index (χ0) is 21.7. The molecule has 0 atom stereocenters. The lowest BCUT2D eigenvalue weighted by Gasteiger charge is -2.34. The molecule has 0 unspecified atom stereocenters. The largest absolute Gasteiger partial charge is 0.497 e. The van der Waals surface area contributed by atoms with Crippen molar-refractivity contribution in [3.63, 3.8) is 0 Å². The van der Waals surface area contributed by atoms with Crippen LogP contribution in [-0.4, -0.2) is 13.0 Å². The molecule has 150 valence electrons. The van der Waals surface area contributed by atoms with Crippen LogP contribution in [0.1, 0.15) is 15.9 Å². The van der Waals surface area contributed by atoms with Crippen molar-refractivity contribution >= 4 is 23.0 Å². The number of carbonyl (C=O) groups is 1. The zero-order valence-electron chi connectivity index (χ0n) is 17.1. The summed E-state index contributed by atoms with van der Waals surface area (Å²) in [4.78, 5) is 14.3. The molecule has 0 aliphatic rings. The van der Waals surface area contributed by atoms with Crippen molar-refractivity contribution in [3.8, 4) is 11.8 Å². The molecule has 4 nitrogen and oxygen atoms in total. The number of benzene rings is 4. The molecule has 0 fully saturated rings. The highest BCUT2D eigenvalue weighted by Crippen LogP contribution is 2.45. The van der Waals surface area contributed by atoms with E-state index in [2.05, 4.69) is 6.07 Å². The lowest BCUT2D eigenvalue weighted by molar-refractivity contribution is 0.0884. The van der Waals surface area contributed by atoms with E-state index in [4.69, 9.17) is 10.00 Å². The summed E-state index contributed by atoms with van der Waals surface area (Å²) in [5.74, 6) is 0.598. The summed E-state index contributed by atoms with van der Waals surface area (Å²) in [6, 6.07) is 35.9. The minimum atomic E-state index is -0.127. The highest BCUT2D eigenvalue weighted by atomic mass is 16.5. The number of carbonyl (C=O) groups excluding carboxylic acids is 1. The maximum Gasteiger partial charge on any atom is 0.361 e. The van der Waals surface area contributed by atoms with E-state index in [0.717, 1.165) is 17.1 Å². The maximum absolute atomic E-state index is 14.3. The van der Waals surface area contributed by atoms with Gasteiger partial charge in [0, 0.05) is 36.4 Å². The van der Waals surface area contributed by atoms with Crippen LogP contribution in [-0.2, 0) is 0 Å². The molecule has 0 radical (unpaired) electrons. The minimum Gasteiger partial charge on any atom is -0.497 e. The minimum absolute atomic E-state index is 0.118. The fraction of sp³-hybridized carbons (Fsp3) is 0.0370. The average Bonchev–Trinajstić information content (AvgIpc) is 2.86. The quantitative estimate of drug-likeness (QED) is 0.362. The van der Waals surface area contributed by atoms with Crippen LogP contribution in [0.3, 0.4) is 0 Å². The number of ether oxygens (including phenoxy) is 1. The molecular weight excluding hydrogens is 384 g/mol. The van der Waals surface area contributed by atoms with Gasteiger partial charge in [-0.25, -0.2) is 4.79 Å². The van der Waals surface area contributed by atoms with Crippen LogP contribution < -0.4 is 9.22 Å². The molecule has 0 spiro atoms. The summed E-state index contributed by atoms with van der Waals surface area (Å²) >= 11 is 0. The fourth-order valence-corrected chi connectivity index (χ4v) is 3.79. The Kier molecular flexibility index (Phi) is 5.61. The van der Waals surface area contributed by atoms with E-state index in [1.807, 2.05) is 84.9 Å². The molecular formula is C27H21N2O2+. The Labute approximate surface area is 181 Å². The maximum atomic E-state index is 14.3. The molecule has 31 heavy (non-hydrogen) atoms. The number of nitriles is 1. The third kappa shape index (κ3) is 3.59. The van der Waals surface area contributed by atoms with Gasteiger partial charge in [-0.2, -0.15) is 9.74 Å². The Bertz CT molecular complexity index is 1170. The van der Waals surface area contributed by atoms with Crippen molar-refractivity contribution in [2.75, 3.05) is 7.11 Å². The van der Waals surface area contributed by atoms with E-state index in [1.165, 1.54) is 0 Å². The first-order valence-corrected chi connectivity index (χ1v) is 9.90. The Hall–Kier alpha value is -4.20. The van der Waals surface area contributed by atoms with E-state index in [1.54, 1.807) is 31.4 Å². The van der Waals surface area contributed by atoms with Gasteiger partial charge in [0.05, 0.1) is 24.3 Å². The van der Waals surface area contributed by atoms with Gasteiger partial charge < -0.3 is 4.74 Å². The first kappa shape index (κ1) is 20.1. The Morgan fingerprint density at radius 1 is 0.710 bits per heavy atom. The highest BCUT2D eigenvalue weighted by Gasteiger charge is 2.45. The van der Waals surface area contributed by atoms with Crippen molar-refractivity contribution < 1.29 is 9.53 Å². The first-order chi connectivity index (χ1) is 15.2. The van der Waals surface area contributed by atoms with Gasteiger partial charge in [-0.3, -0.25) is 0 Å². The topological polar surface area (TPSA) is 50.1 Å². The van der Waals surface area contributed by atoms with Crippen LogP contribution in [0.25, 0.3) is 0 Å². The molecule has 4 aromatic carbocycles. The monoisotopic (exact) mass is 405 g/mol. The fourth-order valence-electron chi connectivity index (χ4n) is 3.79. The van der Waals surface area contributed by atoms with Crippen LogP contribution >= 0.6 is 0 Å². The molecule has 0 N–H and O–H groups in total. The number of hydrogen-bond acceptors (Lipinski definition) is 3. The molecule has 0 aromatic heterocycles. The Morgan fingerprint density at radius 3 is 1.65 bits per heavy atom. The van der Waals surface area contributed by atoms with Gasteiger partial charge in [-0.05, 0) is 36.4 Å². The summed E-state index contributed by atoms with van der Waals surface area (Å²) in [7, 11) is 1.62. The average molecular weight is 405 g/mol. The number of amides is 1. The Morgan fingerprint density at radius 2 is 1.19 bits per heavy atom. The van der Waals surface area contributed by atoms with Gasteiger partial charge in [0.1, 0.15) is 5.75 Å². The molecule has 1 amide bonds. The predicted molar refractivity (Wildman–Crippen MR) is 122 cm³/mol. The molecule has 0 bridgehead atoms.